The van der Waals surface area contributed by atoms with E-state index in [-0.39, 0.29) is 0 Å². The van der Waals surface area contributed by atoms with Crippen molar-refractivity contribution < 1.29 is 4.74 Å². The van der Waals surface area contributed by atoms with E-state index in [0.717, 1.165) is 22.2 Å². The van der Waals surface area contributed by atoms with Crippen molar-refractivity contribution in [3.05, 3.63) is 59.9 Å². The molecule has 0 aliphatic heterocycles. The van der Waals surface area contributed by atoms with Gasteiger partial charge in [0, 0.05) is 29.2 Å². The summed E-state index contributed by atoms with van der Waals surface area (Å²) in [5.74, 6) is 1.66. The van der Waals surface area contributed by atoms with Gasteiger partial charge in [-0.1, -0.05) is 18.2 Å². The molecule has 0 aliphatic carbocycles. The maximum atomic E-state index is 5.86. The fraction of sp³-hybridized carbons (Fsp3) is 0.125. The smallest absolute Gasteiger partial charge is 0.219 e. The van der Waals surface area contributed by atoms with Crippen LogP contribution >= 0.6 is 11.6 Å². The van der Waals surface area contributed by atoms with Crippen LogP contribution in [0.2, 0.25) is 0 Å². The molecule has 3 nitrogen and oxygen atoms in total. The zero-order valence-corrected chi connectivity index (χ0v) is 11.8. The minimum Gasteiger partial charge on any atom is -0.437 e. The summed E-state index contributed by atoms with van der Waals surface area (Å²) in [6.07, 6.45) is 1.69. The van der Waals surface area contributed by atoms with Crippen molar-refractivity contribution >= 4 is 22.5 Å². The minimum absolute atomic E-state index is 0.436. The van der Waals surface area contributed by atoms with Crippen LogP contribution in [0.1, 0.15) is 11.3 Å². The highest BCUT2D eigenvalue weighted by molar-refractivity contribution is 6.17. The zero-order valence-electron chi connectivity index (χ0n) is 11.0. The summed E-state index contributed by atoms with van der Waals surface area (Å²) < 4.78 is 5.86. The van der Waals surface area contributed by atoms with Gasteiger partial charge in [-0.2, -0.15) is 0 Å². The Labute approximate surface area is 122 Å². The average molecular weight is 285 g/mol. The standard InChI is InChI=1S/C16H13ClN2O/c1-11-5-6-13-3-2-4-14(16(13)19-11)20-15-9-12(10-17)7-8-18-15/h2-9H,10H2,1H3. The molecule has 2 heterocycles. The Morgan fingerprint density at radius 2 is 2.05 bits per heavy atom. The molecular weight excluding hydrogens is 272 g/mol. The van der Waals surface area contributed by atoms with Gasteiger partial charge in [-0.15, -0.1) is 11.6 Å². The van der Waals surface area contributed by atoms with Gasteiger partial charge in [0.25, 0.3) is 0 Å². The van der Waals surface area contributed by atoms with Crippen LogP contribution in [0.15, 0.2) is 48.7 Å². The Morgan fingerprint density at radius 1 is 1.15 bits per heavy atom. The monoisotopic (exact) mass is 284 g/mol. The fourth-order valence-electron chi connectivity index (χ4n) is 2.00. The highest BCUT2D eigenvalue weighted by Crippen LogP contribution is 2.28. The normalized spacial score (nSPS) is 10.7. The van der Waals surface area contributed by atoms with Gasteiger partial charge < -0.3 is 4.74 Å². The van der Waals surface area contributed by atoms with Crippen molar-refractivity contribution in [2.45, 2.75) is 12.8 Å². The molecule has 0 spiro atoms. The van der Waals surface area contributed by atoms with Crippen LogP contribution in [0.3, 0.4) is 0 Å². The maximum Gasteiger partial charge on any atom is 0.219 e. The lowest BCUT2D eigenvalue weighted by Gasteiger charge is -2.08. The van der Waals surface area contributed by atoms with Gasteiger partial charge in [-0.05, 0) is 30.7 Å². The van der Waals surface area contributed by atoms with Crippen molar-refractivity contribution in [3.8, 4) is 11.6 Å². The van der Waals surface area contributed by atoms with Crippen molar-refractivity contribution in [1.82, 2.24) is 9.97 Å². The molecule has 100 valence electrons. The first-order valence-corrected chi connectivity index (χ1v) is 6.85. The summed E-state index contributed by atoms with van der Waals surface area (Å²) >= 11 is 5.82. The van der Waals surface area contributed by atoms with Gasteiger partial charge in [0.05, 0.1) is 0 Å². The van der Waals surface area contributed by atoms with E-state index in [2.05, 4.69) is 9.97 Å². The van der Waals surface area contributed by atoms with Gasteiger partial charge in [-0.3, -0.25) is 0 Å². The third-order valence-corrected chi connectivity index (χ3v) is 3.30. The quantitative estimate of drug-likeness (QED) is 0.666. The molecule has 0 aliphatic rings. The highest BCUT2D eigenvalue weighted by atomic mass is 35.5. The summed E-state index contributed by atoms with van der Waals surface area (Å²) in [4.78, 5) is 8.74. The number of halogens is 1. The van der Waals surface area contributed by atoms with Crippen molar-refractivity contribution in [3.63, 3.8) is 0 Å². The first-order valence-electron chi connectivity index (χ1n) is 6.31. The van der Waals surface area contributed by atoms with E-state index in [1.165, 1.54) is 0 Å². The number of pyridine rings is 2. The number of hydrogen-bond acceptors (Lipinski definition) is 3. The lowest BCUT2D eigenvalue weighted by Crippen LogP contribution is -1.92. The van der Waals surface area contributed by atoms with E-state index in [1.807, 2.05) is 49.4 Å². The van der Waals surface area contributed by atoms with Crippen LogP contribution in [0, 0.1) is 6.92 Å². The summed E-state index contributed by atoms with van der Waals surface area (Å²) in [5, 5.41) is 1.04. The predicted molar refractivity (Wildman–Crippen MR) is 80.3 cm³/mol. The summed E-state index contributed by atoms with van der Waals surface area (Å²) in [6.45, 7) is 1.96. The first kappa shape index (κ1) is 12.9. The molecule has 0 bridgehead atoms. The third-order valence-electron chi connectivity index (χ3n) is 2.99. The third kappa shape index (κ3) is 2.58. The van der Waals surface area contributed by atoms with Gasteiger partial charge in [-0.25, -0.2) is 9.97 Å². The van der Waals surface area contributed by atoms with Crippen LogP contribution in [-0.4, -0.2) is 9.97 Å². The fourth-order valence-corrected chi connectivity index (χ4v) is 2.17. The predicted octanol–water partition coefficient (Wildman–Crippen LogP) is 4.47. The number of nitrogens with zero attached hydrogens (tertiary/aromatic N) is 2. The molecule has 0 unspecified atom stereocenters. The van der Waals surface area contributed by atoms with Gasteiger partial charge in [0.1, 0.15) is 5.52 Å². The Morgan fingerprint density at radius 3 is 2.90 bits per heavy atom. The second kappa shape index (κ2) is 5.47. The molecule has 4 heteroatoms. The van der Waals surface area contributed by atoms with Crippen LogP contribution in [0.25, 0.3) is 10.9 Å². The second-order valence-corrected chi connectivity index (χ2v) is 4.79. The molecule has 3 aromatic rings. The molecule has 0 amide bonds. The topological polar surface area (TPSA) is 35.0 Å². The second-order valence-electron chi connectivity index (χ2n) is 4.52. The average Bonchev–Trinajstić information content (AvgIpc) is 2.48. The number of para-hydroxylation sites is 1. The maximum absolute atomic E-state index is 5.86. The Balaban J connectivity index is 2.03. The highest BCUT2D eigenvalue weighted by Gasteiger charge is 2.06. The van der Waals surface area contributed by atoms with Crippen LogP contribution < -0.4 is 4.74 Å². The minimum atomic E-state index is 0.436. The molecule has 0 saturated carbocycles. The molecule has 2 aromatic heterocycles. The van der Waals surface area contributed by atoms with E-state index in [9.17, 15) is 0 Å². The number of hydrogen-bond donors (Lipinski definition) is 0. The number of rotatable bonds is 3. The van der Waals surface area contributed by atoms with Crippen LogP contribution in [0.4, 0.5) is 0 Å². The molecule has 0 atom stereocenters. The molecule has 0 saturated heterocycles. The van der Waals surface area contributed by atoms with E-state index in [0.29, 0.717) is 17.5 Å². The molecule has 0 radical (unpaired) electrons. The largest absolute Gasteiger partial charge is 0.437 e. The van der Waals surface area contributed by atoms with Crippen molar-refractivity contribution in [2.24, 2.45) is 0 Å². The number of benzene rings is 1. The van der Waals surface area contributed by atoms with E-state index in [1.54, 1.807) is 6.20 Å². The lowest BCUT2D eigenvalue weighted by molar-refractivity contribution is 0.466. The van der Waals surface area contributed by atoms with E-state index >= 15 is 0 Å². The number of ether oxygens (including phenoxy) is 1. The zero-order chi connectivity index (χ0) is 13.9. The summed E-state index contributed by atoms with van der Waals surface area (Å²) in [5.41, 5.74) is 2.77. The SMILES string of the molecule is Cc1ccc2cccc(Oc3cc(CCl)ccn3)c2n1. The summed E-state index contributed by atoms with van der Waals surface area (Å²) in [7, 11) is 0. The summed E-state index contributed by atoms with van der Waals surface area (Å²) in [6, 6.07) is 13.6. The molecule has 3 rings (SSSR count). The van der Waals surface area contributed by atoms with Crippen molar-refractivity contribution in [2.75, 3.05) is 0 Å². The molecule has 1 aromatic carbocycles. The Bertz CT molecular complexity index is 758. The van der Waals surface area contributed by atoms with E-state index in [4.69, 9.17) is 16.3 Å². The molecule has 0 fully saturated rings. The number of aromatic nitrogens is 2. The Kier molecular flexibility index (Phi) is 3.52. The van der Waals surface area contributed by atoms with Crippen LogP contribution in [-0.2, 0) is 5.88 Å². The molecule has 0 N–H and O–H groups in total. The molecule has 20 heavy (non-hydrogen) atoms. The van der Waals surface area contributed by atoms with Gasteiger partial charge in [0.15, 0.2) is 5.75 Å². The van der Waals surface area contributed by atoms with E-state index < -0.39 is 0 Å². The number of fused-ring (bicyclic) bond motifs is 1. The van der Waals surface area contributed by atoms with Crippen molar-refractivity contribution in [1.29, 1.82) is 0 Å². The molecular formula is C16H13ClN2O. The first-order chi connectivity index (χ1) is 9.76. The van der Waals surface area contributed by atoms with Gasteiger partial charge in [0.2, 0.25) is 5.88 Å². The number of aryl methyl sites for hydroxylation is 1. The Hall–Kier alpha value is -2.13. The lowest BCUT2D eigenvalue weighted by atomic mass is 10.2. The number of alkyl halides is 1. The van der Waals surface area contributed by atoms with Crippen LogP contribution in [0.5, 0.6) is 11.6 Å². The van der Waals surface area contributed by atoms with Gasteiger partial charge >= 0.3 is 0 Å².